The second kappa shape index (κ2) is 7.25. The van der Waals surface area contributed by atoms with Crippen LogP contribution in [0, 0.1) is 0 Å². The van der Waals surface area contributed by atoms with E-state index >= 15 is 0 Å². The summed E-state index contributed by atoms with van der Waals surface area (Å²) in [5.41, 5.74) is 2.26. The fourth-order valence-electron chi connectivity index (χ4n) is 3.47. The van der Waals surface area contributed by atoms with Gasteiger partial charge in [0.25, 0.3) is 0 Å². The molecule has 1 fully saturated rings. The minimum absolute atomic E-state index is 0.554. The third kappa shape index (κ3) is 3.50. The van der Waals surface area contributed by atoms with E-state index in [9.17, 15) is 0 Å². The molecular formula is C18H28N4. The van der Waals surface area contributed by atoms with E-state index in [1.54, 1.807) is 0 Å². The van der Waals surface area contributed by atoms with Crippen LogP contribution in [-0.2, 0) is 0 Å². The first-order chi connectivity index (χ1) is 10.8. The third-order valence-electron chi connectivity index (χ3n) is 4.93. The lowest BCUT2D eigenvalue weighted by molar-refractivity contribution is 0.173. The molecule has 1 atom stereocenters. The van der Waals surface area contributed by atoms with E-state index < -0.39 is 0 Å². The highest BCUT2D eigenvalue weighted by atomic mass is 15.2. The first kappa shape index (κ1) is 15.5. The second-order valence-corrected chi connectivity index (χ2v) is 6.31. The van der Waals surface area contributed by atoms with Gasteiger partial charge in [-0.1, -0.05) is 26.0 Å². The monoisotopic (exact) mass is 300 g/mol. The van der Waals surface area contributed by atoms with E-state index in [4.69, 9.17) is 4.98 Å². The molecule has 1 aliphatic rings. The topological polar surface area (TPSA) is 35.2 Å². The van der Waals surface area contributed by atoms with Crippen molar-refractivity contribution in [2.45, 2.75) is 32.6 Å². The zero-order valence-electron chi connectivity index (χ0n) is 13.9. The van der Waals surface area contributed by atoms with E-state index in [1.807, 2.05) is 0 Å². The highest BCUT2D eigenvalue weighted by Gasteiger charge is 2.23. The molecule has 1 aromatic heterocycles. The number of para-hydroxylation sites is 2. The molecular weight excluding hydrogens is 272 g/mol. The first-order valence-electron chi connectivity index (χ1n) is 8.69. The van der Waals surface area contributed by atoms with Gasteiger partial charge >= 0.3 is 0 Å². The number of rotatable bonds is 6. The molecule has 4 heteroatoms. The highest BCUT2D eigenvalue weighted by molar-refractivity contribution is 5.74. The molecule has 0 spiro atoms. The molecule has 1 saturated heterocycles. The number of hydrogen-bond acceptors (Lipinski definition) is 3. The molecule has 1 N–H and O–H groups in total. The van der Waals surface area contributed by atoms with Crippen molar-refractivity contribution in [1.29, 1.82) is 0 Å². The Labute approximate surface area is 133 Å². The van der Waals surface area contributed by atoms with Crippen molar-refractivity contribution in [2.24, 2.45) is 0 Å². The van der Waals surface area contributed by atoms with Crippen LogP contribution >= 0.6 is 0 Å². The molecule has 1 aromatic carbocycles. The van der Waals surface area contributed by atoms with Crippen molar-refractivity contribution < 1.29 is 0 Å². The molecule has 1 unspecified atom stereocenters. The van der Waals surface area contributed by atoms with Crippen molar-refractivity contribution in [1.82, 2.24) is 19.8 Å². The summed E-state index contributed by atoms with van der Waals surface area (Å²) in [5, 5.41) is 0. The number of aromatic nitrogens is 2. The predicted molar refractivity (Wildman–Crippen MR) is 92.3 cm³/mol. The van der Waals surface area contributed by atoms with Crippen LogP contribution in [0.3, 0.4) is 0 Å². The van der Waals surface area contributed by atoms with Gasteiger partial charge in [0, 0.05) is 25.6 Å². The Hall–Kier alpha value is -1.39. The third-order valence-corrected chi connectivity index (χ3v) is 4.93. The maximum absolute atomic E-state index is 4.81. The van der Waals surface area contributed by atoms with E-state index in [0.717, 1.165) is 30.7 Å². The van der Waals surface area contributed by atoms with Crippen LogP contribution < -0.4 is 0 Å². The summed E-state index contributed by atoms with van der Waals surface area (Å²) in [4.78, 5) is 13.4. The predicted octanol–water partition coefficient (Wildman–Crippen LogP) is 3.08. The number of aromatic amines is 1. The zero-order valence-corrected chi connectivity index (χ0v) is 13.9. The molecule has 2 heterocycles. The van der Waals surface area contributed by atoms with Crippen molar-refractivity contribution >= 4 is 11.0 Å². The summed E-state index contributed by atoms with van der Waals surface area (Å²) in [6.45, 7) is 11.5. The van der Waals surface area contributed by atoms with E-state index in [-0.39, 0.29) is 0 Å². The van der Waals surface area contributed by atoms with Gasteiger partial charge in [0.2, 0.25) is 0 Å². The van der Waals surface area contributed by atoms with Crippen LogP contribution in [0.2, 0.25) is 0 Å². The van der Waals surface area contributed by atoms with Gasteiger partial charge in [0.05, 0.1) is 11.0 Å². The lowest BCUT2D eigenvalue weighted by atomic mass is 9.97. The van der Waals surface area contributed by atoms with Crippen molar-refractivity contribution in [3.63, 3.8) is 0 Å². The molecule has 1 aliphatic heterocycles. The molecule has 3 rings (SSSR count). The Balaban J connectivity index is 1.62. The molecule has 0 saturated carbocycles. The average Bonchev–Trinajstić information content (AvgIpc) is 3.00. The molecule has 0 aliphatic carbocycles. The Morgan fingerprint density at radius 1 is 1.27 bits per heavy atom. The quantitative estimate of drug-likeness (QED) is 0.890. The summed E-state index contributed by atoms with van der Waals surface area (Å²) in [7, 11) is 0. The Morgan fingerprint density at radius 3 is 2.86 bits per heavy atom. The molecule has 4 nitrogen and oxygen atoms in total. The van der Waals surface area contributed by atoms with E-state index in [0.29, 0.717) is 5.92 Å². The van der Waals surface area contributed by atoms with Gasteiger partial charge < -0.3 is 14.8 Å². The number of hydrogen-bond donors (Lipinski definition) is 1. The van der Waals surface area contributed by atoms with Gasteiger partial charge in [-0.05, 0) is 44.6 Å². The minimum Gasteiger partial charge on any atom is -0.342 e. The normalized spacial score (nSPS) is 20.0. The Kier molecular flexibility index (Phi) is 5.11. The molecule has 0 bridgehead atoms. The second-order valence-electron chi connectivity index (χ2n) is 6.31. The SMILES string of the molecule is CCN(CC)CCN1CCCC(c2nc3ccccc3[nH]2)C1. The van der Waals surface area contributed by atoms with Crippen LogP contribution in [0.4, 0.5) is 0 Å². The Morgan fingerprint density at radius 2 is 2.09 bits per heavy atom. The number of imidazole rings is 1. The smallest absolute Gasteiger partial charge is 0.111 e. The summed E-state index contributed by atoms with van der Waals surface area (Å²) in [6, 6.07) is 8.34. The van der Waals surface area contributed by atoms with Crippen LogP contribution in [0.5, 0.6) is 0 Å². The standard InChI is InChI=1S/C18H28N4/c1-3-21(4-2)12-13-22-11-7-8-15(14-22)18-19-16-9-5-6-10-17(16)20-18/h5-6,9-10,15H,3-4,7-8,11-14H2,1-2H3,(H,19,20). The highest BCUT2D eigenvalue weighted by Crippen LogP contribution is 2.26. The van der Waals surface area contributed by atoms with E-state index in [2.05, 4.69) is 52.9 Å². The number of fused-ring (bicyclic) bond motifs is 1. The summed E-state index contributed by atoms with van der Waals surface area (Å²) >= 11 is 0. The Bertz CT molecular complexity index is 555. The molecule has 22 heavy (non-hydrogen) atoms. The largest absolute Gasteiger partial charge is 0.342 e. The lowest BCUT2D eigenvalue weighted by Crippen LogP contribution is -2.40. The lowest BCUT2D eigenvalue weighted by Gasteiger charge is -2.33. The van der Waals surface area contributed by atoms with Gasteiger partial charge in [-0.3, -0.25) is 0 Å². The van der Waals surface area contributed by atoms with E-state index in [1.165, 1.54) is 38.3 Å². The number of piperidine rings is 1. The van der Waals surface area contributed by atoms with Gasteiger partial charge in [0.15, 0.2) is 0 Å². The maximum Gasteiger partial charge on any atom is 0.111 e. The fourth-order valence-corrected chi connectivity index (χ4v) is 3.47. The minimum atomic E-state index is 0.554. The average molecular weight is 300 g/mol. The number of nitrogens with zero attached hydrogens (tertiary/aromatic N) is 3. The van der Waals surface area contributed by atoms with Crippen molar-refractivity contribution in [3.05, 3.63) is 30.1 Å². The number of likely N-dealkylation sites (N-methyl/N-ethyl adjacent to an activating group) is 1. The van der Waals surface area contributed by atoms with Crippen LogP contribution in [0.1, 0.15) is 38.4 Å². The summed E-state index contributed by atoms with van der Waals surface area (Å²) in [6.07, 6.45) is 2.53. The molecule has 0 radical (unpaired) electrons. The summed E-state index contributed by atoms with van der Waals surface area (Å²) in [5.74, 6) is 1.73. The first-order valence-corrected chi connectivity index (χ1v) is 8.69. The number of H-pyrrole nitrogens is 1. The van der Waals surface area contributed by atoms with Gasteiger partial charge in [0.1, 0.15) is 5.82 Å². The van der Waals surface area contributed by atoms with Gasteiger partial charge in [-0.15, -0.1) is 0 Å². The number of benzene rings is 1. The summed E-state index contributed by atoms with van der Waals surface area (Å²) < 4.78 is 0. The zero-order chi connectivity index (χ0) is 15.4. The molecule has 120 valence electrons. The van der Waals surface area contributed by atoms with Crippen LogP contribution in [-0.4, -0.2) is 59.0 Å². The number of likely N-dealkylation sites (tertiary alicyclic amines) is 1. The number of nitrogens with one attached hydrogen (secondary N) is 1. The van der Waals surface area contributed by atoms with Crippen molar-refractivity contribution in [3.8, 4) is 0 Å². The van der Waals surface area contributed by atoms with Crippen LogP contribution in [0.15, 0.2) is 24.3 Å². The van der Waals surface area contributed by atoms with Gasteiger partial charge in [-0.25, -0.2) is 4.98 Å². The maximum atomic E-state index is 4.81. The molecule has 2 aromatic rings. The van der Waals surface area contributed by atoms with Crippen molar-refractivity contribution in [2.75, 3.05) is 39.3 Å². The van der Waals surface area contributed by atoms with Gasteiger partial charge in [-0.2, -0.15) is 0 Å². The molecule has 0 amide bonds. The van der Waals surface area contributed by atoms with Crippen LogP contribution in [0.25, 0.3) is 11.0 Å². The fraction of sp³-hybridized carbons (Fsp3) is 0.611.